The van der Waals surface area contributed by atoms with Gasteiger partial charge in [0.2, 0.25) is 0 Å². The van der Waals surface area contributed by atoms with Crippen molar-refractivity contribution in [2.24, 2.45) is 0 Å². The van der Waals surface area contributed by atoms with E-state index in [0.717, 1.165) is 22.6 Å². The molecule has 2 N–H and O–H groups in total. The Hall–Kier alpha value is -1.55. The quantitative estimate of drug-likeness (QED) is 0.797. The third kappa shape index (κ3) is 2.10. The summed E-state index contributed by atoms with van der Waals surface area (Å²) in [7, 11) is 0. The number of ether oxygens (including phenoxy) is 1. The molecule has 0 saturated carbocycles. The van der Waals surface area contributed by atoms with Gasteiger partial charge in [-0.05, 0) is 19.1 Å². The summed E-state index contributed by atoms with van der Waals surface area (Å²) in [5.41, 5.74) is 1.85. The van der Waals surface area contributed by atoms with Crippen LogP contribution in [0.15, 0.2) is 18.2 Å². The van der Waals surface area contributed by atoms with E-state index >= 15 is 0 Å². The monoisotopic (exact) mass is 206 g/mol. The van der Waals surface area contributed by atoms with Gasteiger partial charge in [0.1, 0.15) is 11.6 Å². The Morgan fingerprint density at radius 3 is 3.07 bits per heavy atom. The molecule has 0 radical (unpaired) electrons. The normalized spacial score (nSPS) is 10.8. The van der Waals surface area contributed by atoms with Gasteiger partial charge in [-0.15, -0.1) is 0 Å². The predicted molar refractivity (Wildman–Crippen MR) is 58.1 cm³/mol. The summed E-state index contributed by atoms with van der Waals surface area (Å²) in [6.45, 7) is 2.72. The van der Waals surface area contributed by atoms with Crippen LogP contribution in [-0.4, -0.2) is 28.3 Å². The number of imidazole rings is 1. The van der Waals surface area contributed by atoms with Crippen LogP contribution in [0.3, 0.4) is 0 Å². The highest BCUT2D eigenvalue weighted by Gasteiger charge is 2.03. The molecule has 0 fully saturated rings. The first-order chi connectivity index (χ1) is 7.33. The van der Waals surface area contributed by atoms with E-state index < -0.39 is 0 Å². The first kappa shape index (κ1) is 9.98. The van der Waals surface area contributed by atoms with Gasteiger partial charge in [0, 0.05) is 12.5 Å². The molecule has 0 atom stereocenters. The maximum absolute atomic E-state index is 8.80. The Morgan fingerprint density at radius 2 is 2.33 bits per heavy atom. The molecule has 4 nitrogen and oxygen atoms in total. The van der Waals surface area contributed by atoms with Crippen molar-refractivity contribution in [3.05, 3.63) is 24.0 Å². The molecule has 15 heavy (non-hydrogen) atoms. The molecule has 0 aliphatic heterocycles. The lowest BCUT2D eigenvalue weighted by molar-refractivity contribution is 0.297. The first-order valence-corrected chi connectivity index (χ1v) is 5.05. The van der Waals surface area contributed by atoms with Gasteiger partial charge >= 0.3 is 0 Å². The maximum Gasteiger partial charge on any atom is 0.121 e. The molecular weight excluding hydrogens is 192 g/mol. The van der Waals surface area contributed by atoms with Gasteiger partial charge in [-0.25, -0.2) is 4.98 Å². The van der Waals surface area contributed by atoms with Crippen LogP contribution in [0.25, 0.3) is 11.0 Å². The molecule has 0 bridgehead atoms. The Balaban J connectivity index is 2.34. The van der Waals surface area contributed by atoms with E-state index in [9.17, 15) is 0 Å². The summed E-state index contributed by atoms with van der Waals surface area (Å²) in [5, 5.41) is 8.80. The van der Waals surface area contributed by atoms with Crippen molar-refractivity contribution in [3.8, 4) is 5.75 Å². The molecule has 0 aliphatic carbocycles. The van der Waals surface area contributed by atoms with Gasteiger partial charge in [0.05, 0.1) is 24.2 Å². The number of H-pyrrole nitrogens is 1. The van der Waals surface area contributed by atoms with Crippen LogP contribution in [0.1, 0.15) is 12.7 Å². The summed E-state index contributed by atoms with van der Waals surface area (Å²) < 4.78 is 5.39. The van der Waals surface area contributed by atoms with Gasteiger partial charge in [-0.2, -0.15) is 0 Å². The highest BCUT2D eigenvalue weighted by Crippen LogP contribution is 2.19. The van der Waals surface area contributed by atoms with Crippen molar-refractivity contribution in [2.75, 3.05) is 13.2 Å². The van der Waals surface area contributed by atoms with Crippen molar-refractivity contribution in [3.63, 3.8) is 0 Å². The number of aromatic amines is 1. The van der Waals surface area contributed by atoms with Crippen LogP contribution in [0.5, 0.6) is 5.75 Å². The number of hydrogen-bond acceptors (Lipinski definition) is 3. The molecule has 80 valence electrons. The highest BCUT2D eigenvalue weighted by molar-refractivity contribution is 5.76. The zero-order chi connectivity index (χ0) is 10.7. The minimum atomic E-state index is 0.109. The summed E-state index contributed by atoms with van der Waals surface area (Å²) in [5.74, 6) is 1.64. The van der Waals surface area contributed by atoms with Crippen LogP contribution < -0.4 is 4.74 Å². The molecule has 0 unspecified atom stereocenters. The van der Waals surface area contributed by atoms with Crippen molar-refractivity contribution in [1.82, 2.24) is 9.97 Å². The van der Waals surface area contributed by atoms with Gasteiger partial charge in [0.15, 0.2) is 0 Å². The van der Waals surface area contributed by atoms with Crippen molar-refractivity contribution >= 4 is 11.0 Å². The van der Waals surface area contributed by atoms with Crippen LogP contribution in [0, 0.1) is 0 Å². The number of hydrogen-bond donors (Lipinski definition) is 2. The van der Waals surface area contributed by atoms with Crippen LogP contribution in [0.4, 0.5) is 0 Å². The Morgan fingerprint density at radius 1 is 1.47 bits per heavy atom. The van der Waals surface area contributed by atoms with Gasteiger partial charge < -0.3 is 14.8 Å². The summed E-state index contributed by atoms with van der Waals surface area (Å²) >= 11 is 0. The summed E-state index contributed by atoms with van der Waals surface area (Å²) in [6, 6.07) is 5.74. The number of nitrogens with zero attached hydrogens (tertiary/aromatic N) is 1. The van der Waals surface area contributed by atoms with Gasteiger partial charge in [-0.3, -0.25) is 0 Å². The van der Waals surface area contributed by atoms with Crippen molar-refractivity contribution in [1.29, 1.82) is 0 Å². The van der Waals surface area contributed by atoms with Gasteiger partial charge in [0.25, 0.3) is 0 Å². The van der Waals surface area contributed by atoms with E-state index in [0.29, 0.717) is 13.0 Å². The second-order valence-corrected chi connectivity index (χ2v) is 3.27. The van der Waals surface area contributed by atoms with E-state index in [-0.39, 0.29) is 6.61 Å². The molecule has 0 saturated heterocycles. The fourth-order valence-electron chi connectivity index (χ4n) is 1.52. The fraction of sp³-hybridized carbons (Fsp3) is 0.364. The summed E-state index contributed by atoms with van der Waals surface area (Å²) in [6.07, 6.45) is 0.554. The topological polar surface area (TPSA) is 58.1 Å². The number of aliphatic hydroxyl groups excluding tert-OH is 1. The SMILES string of the molecule is CCOc1ccc2nc(CCO)[nH]c2c1. The number of aliphatic hydroxyl groups is 1. The second kappa shape index (κ2) is 4.31. The number of nitrogens with one attached hydrogen (secondary N) is 1. The minimum absolute atomic E-state index is 0.109. The first-order valence-electron chi connectivity index (χ1n) is 5.05. The fourth-order valence-corrected chi connectivity index (χ4v) is 1.52. The Bertz CT molecular complexity index is 447. The lowest BCUT2D eigenvalue weighted by Crippen LogP contribution is -1.91. The maximum atomic E-state index is 8.80. The predicted octanol–water partition coefficient (Wildman–Crippen LogP) is 1.50. The third-order valence-corrected chi connectivity index (χ3v) is 2.16. The number of rotatable bonds is 4. The highest BCUT2D eigenvalue weighted by atomic mass is 16.5. The molecule has 0 amide bonds. The second-order valence-electron chi connectivity index (χ2n) is 3.27. The number of benzene rings is 1. The molecule has 1 aromatic heterocycles. The third-order valence-electron chi connectivity index (χ3n) is 2.16. The Kier molecular flexibility index (Phi) is 2.87. The molecule has 2 rings (SSSR count). The van der Waals surface area contributed by atoms with Crippen molar-refractivity contribution < 1.29 is 9.84 Å². The molecule has 1 aromatic carbocycles. The van der Waals surface area contributed by atoms with Crippen LogP contribution in [0.2, 0.25) is 0 Å². The number of fused-ring (bicyclic) bond motifs is 1. The van der Waals surface area contributed by atoms with E-state index in [4.69, 9.17) is 9.84 Å². The van der Waals surface area contributed by atoms with Gasteiger partial charge in [-0.1, -0.05) is 0 Å². The lowest BCUT2D eigenvalue weighted by atomic mass is 10.3. The molecule has 2 aromatic rings. The number of aromatic nitrogens is 2. The molecule has 0 spiro atoms. The van der Waals surface area contributed by atoms with E-state index in [1.807, 2.05) is 25.1 Å². The molecule has 0 aliphatic rings. The largest absolute Gasteiger partial charge is 0.494 e. The average molecular weight is 206 g/mol. The van der Waals surface area contributed by atoms with E-state index in [2.05, 4.69) is 9.97 Å². The molecule has 1 heterocycles. The van der Waals surface area contributed by atoms with E-state index in [1.165, 1.54) is 0 Å². The lowest BCUT2D eigenvalue weighted by Gasteiger charge is -2.00. The van der Waals surface area contributed by atoms with Crippen molar-refractivity contribution in [2.45, 2.75) is 13.3 Å². The molecular formula is C11H14N2O2. The summed E-state index contributed by atoms with van der Waals surface area (Å²) in [4.78, 5) is 7.48. The van der Waals surface area contributed by atoms with Crippen LogP contribution >= 0.6 is 0 Å². The standard InChI is InChI=1S/C11H14N2O2/c1-2-15-8-3-4-9-10(7-8)13-11(12-9)5-6-14/h3-4,7,14H,2,5-6H2,1H3,(H,12,13). The minimum Gasteiger partial charge on any atom is -0.494 e. The zero-order valence-electron chi connectivity index (χ0n) is 8.66. The van der Waals surface area contributed by atoms with Crippen LogP contribution in [-0.2, 0) is 6.42 Å². The average Bonchev–Trinajstić information content (AvgIpc) is 2.60. The van der Waals surface area contributed by atoms with E-state index in [1.54, 1.807) is 0 Å². The smallest absolute Gasteiger partial charge is 0.121 e. The molecule has 4 heteroatoms. The Labute approximate surface area is 87.9 Å². The zero-order valence-corrected chi connectivity index (χ0v) is 8.66.